The number of unbranched alkanes of at least 4 members (excludes halogenated alkanes) is 1. The first kappa shape index (κ1) is 16.1. The summed E-state index contributed by atoms with van der Waals surface area (Å²) < 4.78 is 5.70. The lowest BCUT2D eigenvalue weighted by molar-refractivity contribution is 0.298. The van der Waals surface area contributed by atoms with Crippen LogP contribution in [0.25, 0.3) is 0 Å². The smallest absolute Gasteiger partial charge is 0.242 e. The van der Waals surface area contributed by atoms with E-state index in [9.17, 15) is 0 Å². The minimum atomic E-state index is 0.476. The Kier molecular flexibility index (Phi) is 6.01. The molecule has 0 spiro atoms. The van der Waals surface area contributed by atoms with E-state index in [-0.39, 0.29) is 0 Å². The molecular formula is C17H24N4O. The lowest BCUT2D eigenvalue weighted by atomic mass is 10.2. The van der Waals surface area contributed by atoms with Crippen molar-refractivity contribution in [3.05, 3.63) is 41.7 Å². The Morgan fingerprint density at radius 2 is 1.91 bits per heavy atom. The van der Waals surface area contributed by atoms with Gasteiger partial charge in [0, 0.05) is 13.0 Å². The van der Waals surface area contributed by atoms with E-state index in [0.29, 0.717) is 30.5 Å². The van der Waals surface area contributed by atoms with Crippen LogP contribution in [-0.2, 0) is 13.0 Å². The van der Waals surface area contributed by atoms with E-state index in [1.807, 2.05) is 25.1 Å². The van der Waals surface area contributed by atoms with Gasteiger partial charge in [-0.15, -0.1) is 0 Å². The van der Waals surface area contributed by atoms with Gasteiger partial charge in [-0.3, -0.25) is 0 Å². The van der Waals surface area contributed by atoms with Crippen molar-refractivity contribution in [2.75, 3.05) is 17.7 Å². The second kappa shape index (κ2) is 8.22. The van der Waals surface area contributed by atoms with Gasteiger partial charge in [0.05, 0.1) is 6.61 Å². The summed E-state index contributed by atoms with van der Waals surface area (Å²) in [5, 5.41) is 3.28. The Morgan fingerprint density at radius 3 is 2.59 bits per heavy atom. The summed E-state index contributed by atoms with van der Waals surface area (Å²) in [6.45, 7) is 5.43. The van der Waals surface area contributed by atoms with Crippen LogP contribution in [0.2, 0.25) is 0 Å². The molecule has 0 aliphatic rings. The molecule has 0 fully saturated rings. The first-order valence-electron chi connectivity index (χ1n) is 7.81. The Morgan fingerprint density at radius 1 is 1.14 bits per heavy atom. The number of rotatable bonds is 8. The molecule has 0 saturated heterocycles. The Bertz CT molecular complexity index is 587. The molecular weight excluding hydrogens is 276 g/mol. The molecule has 2 rings (SSSR count). The van der Waals surface area contributed by atoms with Gasteiger partial charge in [-0.05, 0) is 12.0 Å². The van der Waals surface area contributed by atoms with Gasteiger partial charge in [-0.2, -0.15) is 4.98 Å². The maximum Gasteiger partial charge on any atom is 0.242 e. The Hall–Kier alpha value is -2.30. The monoisotopic (exact) mass is 300 g/mol. The van der Waals surface area contributed by atoms with Gasteiger partial charge in [0.25, 0.3) is 0 Å². The number of nitrogens with two attached hydrogens (primary N) is 1. The third-order valence-electron chi connectivity index (χ3n) is 3.31. The number of nitrogens with one attached hydrogen (secondary N) is 1. The zero-order valence-corrected chi connectivity index (χ0v) is 13.3. The van der Waals surface area contributed by atoms with Gasteiger partial charge in [0.15, 0.2) is 5.82 Å². The zero-order valence-electron chi connectivity index (χ0n) is 13.3. The largest absolute Gasteiger partial charge is 0.476 e. The molecule has 0 radical (unpaired) electrons. The molecule has 5 heteroatoms. The number of aryl methyl sites for hydroxylation is 1. The van der Waals surface area contributed by atoms with Gasteiger partial charge in [-0.1, -0.05) is 50.6 Å². The predicted octanol–water partition coefficient (Wildman–Crippen LogP) is 3.41. The molecule has 0 saturated carbocycles. The molecule has 0 bridgehead atoms. The maximum absolute atomic E-state index is 6.14. The van der Waals surface area contributed by atoms with Crippen molar-refractivity contribution in [1.29, 1.82) is 0 Å². The summed E-state index contributed by atoms with van der Waals surface area (Å²) in [6, 6.07) is 10.1. The molecule has 22 heavy (non-hydrogen) atoms. The fourth-order valence-electron chi connectivity index (χ4n) is 1.99. The fraction of sp³-hybridized carbons (Fsp3) is 0.412. The summed E-state index contributed by atoms with van der Waals surface area (Å²) in [4.78, 5) is 8.85. The molecule has 2 aromatic rings. The van der Waals surface area contributed by atoms with Crippen molar-refractivity contribution in [3.8, 4) is 5.88 Å². The van der Waals surface area contributed by atoms with Crippen LogP contribution in [-0.4, -0.2) is 16.6 Å². The predicted molar refractivity (Wildman–Crippen MR) is 90.0 cm³/mol. The van der Waals surface area contributed by atoms with Crippen LogP contribution in [0.15, 0.2) is 30.3 Å². The van der Waals surface area contributed by atoms with Crippen LogP contribution in [0.4, 0.5) is 11.5 Å². The SMILES string of the molecule is CCCCOc1nc(CC)nc(NCc2ccccc2)c1N. The van der Waals surface area contributed by atoms with E-state index in [4.69, 9.17) is 10.5 Å². The van der Waals surface area contributed by atoms with Gasteiger partial charge in [-0.25, -0.2) is 4.98 Å². The lowest BCUT2D eigenvalue weighted by Gasteiger charge is -2.14. The number of aromatic nitrogens is 2. The second-order valence-electron chi connectivity index (χ2n) is 5.10. The highest BCUT2D eigenvalue weighted by molar-refractivity contribution is 5.67. The molecule has 1 aromatic carbocycles. The Balaban J connectivity index is 2.13. The zero-order chi connectivity index (χ0) is 15.8. The van der Waals surface area contributed by atoms with Crippen molar-refractivity contribution >= 4 is 11.5 Å². The normalized spacial score (nSPS) is 10.5. The minimum Gasteiger partial charge on any atom is -0.476 e. The van der Waals surface area contributed by atoms with E-state index in [2.05, 4.69) is 34.3 Å². The van der Waals surface area contributed by atoms with E-state index in [1.165, 1.54) is 5.56 Å². The number of anilines is 2. The van der Waals surface area contributed by atoms with Crippen LogP contribution in [0.1, 0.15) is 38.1 Å². The molecule has 0 amide bonds. The highest BCUT2D eigenvalue weighted by Crippen LogP contribution is 2.27. The van der Waals surface area contributed by atoms with E-state index in [0.717, 1.165) is 25.1 Å². The van der Waals surface area contributed by atoms with Crippen LogP contribution < -0.4 is 15.8 Å². The quantitative estimate of drug-likeness (QED) is 0.731. The van der Waals surface area contributed by atoms with Crippen molar-refractivity contribution in [1.82, 2.24) is 9.97 Å². The van der Waals surface area contributed by atoms with Crippen molar-refractivity contribution in [3.63, 3.8) is 0 Å². The number of hydrogen-bond donors (Lipinski definition) is 2. The fourth-order valence-corrected chi connectivity index (χ4v) is 1.99. The highest BCUT2D eigenvalue weighted by atomic mass is 16.5. The Labute approximate surface area is 131 Å². The number of benzene rings is 1. The highest BCUT2D eigenvalue weighted by Gasteiger charge is 2.12. The summed E-state index contributed by atoms with van der Waals surface area (Å²) in [5.41, 5.74) is 7.79. The third kappa shape index (κ3) is 4.35. The molecule has 0 atom stereocenters. The number of nitrogens with zero attached hydrogens (tertiary/aromatic N) is 2. The molecule has 118 valence electrons. The molecule has 3 N–H and O–H groups in total. The number of hydrogen-bond acceptors (Lipinski definition) is 5. The van der Waals surface area contributed by atoms with E-state index < -0.39 is 0 Å². The van der Waals surface area contributed by atoms with Gasteiger partial charge >= 0.3 is 0 Å². The van der Waals surface area contributed by atoms with E-state index >= 15 is 0 Å². The van der Waals surface area contributed by atoms with Gasteiger partial charge in [0.1, 0.15) is 11.5 Å². The summed E-state index contributed by atoms with van der Waals surface area (Å²) in [5.74, 6) is 1.86. The van der Waals surface area contributed by atoms with Crippen LogP contribution >= 0.6 is 0 Å². The third-order valence-corrected chi connectivity index (χ3v) is 3.31. The molecule has 0 aliphatic carbocycles. The second-order valence-corrected chi connectivity index (χ2v) is 5.10. The molecule has 1 heterocycles. The van der Waals surface area contributed by atoms with Crippen molar-refractivity contribution in [2.24, 2.45) is 0 Å². The van der Waals surface area contributed by atoms with Crippen LogP contribution in [0.3, 0.4) is 0 Å². The summed E-state index contributed by atoms with van der Waals surface area (Å²) >= 11 is 0. The topological polar surface area (TPSA) is 73.1 Å². The summed E-state index contributed by atoms with van der Waals surface area (Å²) in [7, 11) is 0. The van der Waals surface area contributed by atoms with Crippen molar-refractivity contribution in [2.45, 2.75) is 39.7 Å². The molecule has 1 aromatic heterocycles. The molecule has 0 unspecified atom stereocenters. The average Bonchev–Trinajstić information content (AvgIpc) is 2.56. The first-order chi connectivity index (χ1) is 10.7. The lowest BCUT2D eigenvalue weighted by Crippen LogP contribution is -2.11. The van der Waals surface area contributed by atoms with Crippen LogP contribution in [0.5, 0.6) is 5.88 Å². The van der Waals surface area contributed by atoms with Crippen LogP contribution in [0, 0.1) is 0 Å². The number of ether oxygens (including phenoxy) is 1. The molecule has 5 nitrogen and oxygen atoms in total. The number of nitrogen functional groups attached to an aromatic ring is 1. The van der Waals surface area contributed by atoms with E-state index in [1.54, 1.807) is 0 Å². The first-order valence-corrected chi connectivity index (χ1v) is 7.81. The van der Waals surface area contributed by atoms with Gasteiger partial charge in [0.2, 0.25) is 5.88 Å². The average molecular weight is 300 g/mol. The minimum absolute atomic E-state index is 0.476. The van der Waals surface area contributed by atoms with Crippen molar-refractivity contribution < 1.29 is 4.74 Å². The van der Waals surface area contributed by atoms with Gasteiger partial charge < -0.3 is 15.8 Å². The standard InChI is InChI=1S/C17H24N4O/c1-3-5-11-22-17-15(18)16(20-14(4-2)21-17)19-12-13-9-7-6-8-10-13/h6-10H,3-5,11-12,18H2,1-2H3,(H,19,20,21). The maximum atomic E-state index is 6.14. The molecule has 0 aliphatic heterocycles. The summed E-state index contributed by atoms with van der Waals surface area (Å²) in [6.07, 6.45) is 2.80.